The molecule has 102 valence electrons. The van der Waals surface area contributed by atoms with E-state index in [1.807, 2.05) is 6.92 Å². The average molecular weight is 252 g/mol. The van der Waals surface area contributed by atoms with Crippen molar-refractivity contribution in [1.82, 2.24) is 10.2 Å². The van der Waals surface area contributed by atoms with Crippen LogP contribution >= 0.6 is 0 Å². The van der Waals surface area contributed by atoms with Crippen molar-refractivity contribution < 1.29 is 4.42 Å². The summed E-state index contributed by atoms with van der Waals surface area (Å²) in [5.41, 5.74) is 5.77. The molecule has 2 N–H and O–H groups in total. The van der Waals surface area contributed by atoms with Crippen molar-refractivity contribution in [1.29, 1.82) is 0 Å². The van der Waals surface area contributed by atoms with Gasteiger partial charge in [-0.1, -0.05) is 31.8 Å². The van der Waals surface area contributed by atoms with E-state index in [0.29, 0.717) is 23.9 Å². The van der Waals surface area contributed by atoms with E-state index in [4.69, 9.17) is 10.2 Å². The molecular formula is C13H24N4O. The number of aromatic nitrogens is 2. The van der Waals surface area contributed by atoms with Crippen LogP contribution in [0.4, 0.5) is 6.01 Å². The second-order valence-electron chi connectivity index (χ2n) is 5.70. The molecule has 0 saturated heterocycles. The molecule has 1 aromatic rings. The molecule has 1 aliphatic carbocycles. The highest BCUT2D eigenvalue weighted by Crippen LogP contribution is 2.28. The summed E-state index contributed by atoms with van der Waals surface area (Å²) in [5.74, 6) is 1.10. The Labute approximate surface area is 109 Å². The summed E-state index contributed by atoms with van der Waals surface area (Å²) in [4.78, 5) is 2.27. The van der Waals surface area contributed by atoms with E-state index in [1.54, 1.807) is 0 Å². The molecule has 5 heteroatoms. The maximum absolute atomic E-state index is 5.77. The summed E-state index contributed by atoms with van der Waals surface area (Å²) in [6.07, 6.45) is 5.05. The van der Waals surface area contributed by atoms with Crippen LogP contribution in [0.15, 0.2) is 4.42 Å². The summed E-state index contributed by atoms with van der Waals surface area (Å²) in [6, 6.07) is 0.993. The fraction of sp³-hybridized carbons (Fsp3) is 0.846. The van der Waals surface area contributed by atoms with E-state index in [-0.39, 0.29) is 6.04 Å². The molecule has 0 bridgehead atoms. The summed E-state index contributed by atoms with van der Waals surface area (Å²) in [7, 11) is 0. The van der Waals surface area contributed by atoms with Gasteiger partial charge in [-0.2, -0.15) is 0 Å². The van der Waals surface area contributed by atoms with E-state index in [9.17, 15) is 0 Å². The van der Waals surface area contributed by atoms with E-state index < -0.39 is 0 Å². The molecule has 1 atom stereocenters. The second kappa shape index (κ2) is 5.69. The van der Waals surface area contributed by atoms with Crippen molar-refractivity contribution in [2.24, 2.45) is 11.7 Å². The van der Waals surface area contributed by atoms with Crippen LogP contribution < -0.4 is 10.6 Å². The molecule has 1 aromatic heterocycles. The van der Waals surface area contributed by atoms with E-state index in [2.05, 4.69) is 28.9 Å². The molecule has 1 aliphatic rings. The lowest BCUT2D eigenvalue weighted by Gasteiger charge is -2.28. The molecule has 0 spiro atoms. The Morgan fingerprint density at radius 2 is 1.94 bits per heavy atom. The van der Waals surface area contributed by atoms with Crippen molar-refractivity contribution in [3.8, 4) is 0 Å². The van der Waals surface area contributed by atoms with E-state index >= 15 is 0 Å². The number of anilines is 1. The normalized spacial score (nSPS) is 18.5. The van der Waals surface area contributed by atoms with Crippen LogP contribution in [0.1, 0.15) is 58.4 Å². The third kappa shape index (κ3) is 3.02. The molecule has 0 aliphatic heterocycles. The minimum absolute atomic E-state index is 0.198. The van der Waals surface area contributed by atoms with Gasteiger partial charge in [0.05, 0.1) is 6.04 Å². The number of hydrogen-bond acceptors (Lipinski definition) is 5. The van der Waals surface area contributed by atoms with E-state index in [0.717, 1.165) is 6.54 Å². The van der Waals surface area contributed by atoms with Crippen molar-refractivity contribution in [2.75, 3.05) is 11.4 Å². The minimum Gasteiger partial charge on any atom is -0.406 e. The molecule has 1 fully saturated rings. The molecule has 2 rings (SSSR count). The third-order valence-corrected chi connectivity index (χ3v) is 3.39. The summed E-state index contributed by atoms with van der Waals surface area (Å²) < 4.78 is 5.70. The van der Waals surface area contributed by atoms with Crippen LogP contribution in [0.25, 0.3) is 0 Å². The van der Waals surface area contributed by atoms with Gasteiger partial charge in [0.1, 0.15) is 0 Å². The lowest BCUT2D eigenvalue weighted by molar-refractivity contribution is 0.426. The highest BCUT2D eigenvalue weighted by Gasteiger charge is 2.27. The number of hydrogen-bond donors (Lipinski definition) is 1. The maximum Gasteiger partial charge on any atom is 0.318 e. The highest BCUT2D eigenvalue weighted by atomic mass is 16.4. The first-order valence-corrected chi connectivity index (χ1v) is 6.93. The maximum atomic E-state index is 5.77. The monoisotopic (exact) mass is 252 g/mol. The Hall–Kier alpha value is -1.10. The van der Waals surface area contributed by atoms with Crippen LogP contribution in [0.5, 0.6) is 0 Å². The molecule has 18 heavy (non-hydrogen) atoms. The standard InChI is InChI=1S/C13H24N4O/c1-9(2)8-17(11-6-4-5-7-11)13-16-15-12(18-13)10(3)14/h9-11H,4-8,14H2,1-3H3. The van der Waals surface area contributed by atoms with Crippen LogP contribution in [0.3, 0.4) is 0 Å². The van der Waals surface area contributed by atoms with Gasteiger partial charge in [0.25, 0.3) is 0 Å². The van der Waals surface area contributed by atoms with Crippen LogP contribution in [-0.4, -0.2) is 22.8 Å². The average Bonchev–Trinajstić information content (AvgIpc) is 2.97. The van der Waals surface area contributed by atoms with Crippen molar-refractivity contribution >= 4 is 6.01 Å². The van der Waals surface area contributed by atoms with Gasteiger partial charge in [-0.15, -0.1) is 5.10 Å². The zero-order chi connectivity index (χ0) is 13.1. The smallest absolute Gasteiger partial charge is 0.318 e. The zero-order valence-corrected chi connectivity index (χ0v) is 11.6. The largest absolute Gasteiger partial charge is 0.406 e. The lowest BCUT2D eigenvalue weighted by atomic mass is 10.1. The van der Waals surface area contributed by atoms with Gasteiger partial charge in [-0.05, 0) is 25.7 Å². The number of nitrogens with two attached hydrogens (primary N) is 1. The fourth-order valence-corrected chi connectivity index (χ4v) is 2.52. The van der Waals surface area contributed by atoms with Crippen molar-refractivity contribution in [2.45, 2.75) is 58.5 Å². The van der Waals surface area contributed by atoms with Gasteiger partial charge in [-0.3, -0.25) is 0 Å². The van der Waals surface area contributed by atoms with Gasteiger partial charge in [0.2, 0.25) is 5.89 Å². The Kier molecular flexibility index (Phi) is 4.22. The Bertz CT molecular complexity index is 369. The molecule has 1 saturated carbocycles. The van der Waals surface area contributed by atoms with Crippen molar-refractivity contribution in [3.05, 3.63) is 5.89 Å². The zero-order valence-electron chi connectivity index (χ0n) is 11.6. The van der Waals surface area contributed by atoms with Gasteiger partial charge >= 0.3 is 6.01 Å². The second-order valence-corrected chi connectivity index (χ2v) is 5.70. The predicted molar refractivity (Wildman–Crippen MR) is 71.3 cm³/mol. The Morgan fingerprint density at radius 1 is 1.28 bits per heavy atom. The van der Waals surface area contributed by atoms with Crippen molar-refractivity contribution in [3.63, 3.8) is 0 Å². The third-order valence-electron chi connectivity index (χ3n) is 3.39. The first-order chi connectivity index (χ1) is 8.58. The van der Waals surface area contributed by atoms with Crippen LogP contribution in [-0.2, 0) is 0 Å². The number of rotatable bonds is 5. The summed E-state index contributed by atoms with van der Waals surface area (Å²) in [6.45, 7) is 7.25. The van der Waals surface area contributed by atoms with E-state index in [1.165, 1.54) is 25.7 Å². The molecular weight excluding hydrogens is 228 g/mol. The SMILES string of the molecule is CC(C)CN(c1nnc(C(C)N)o1)C1CCCC1. The van der Waals surface area contributed by atoms with Crippen LogP contribution in [0, 0.1) is 5.92 Å². The van der Waals surface area contributed by atoms with Gasteiger partial charge < -0.3 is 15.1 Å². The minimum atomic E-state index is -0.198. The van der Waals surface area contributed by atoms with Gasteiger partial charge in [-0.25, -0.2) is 0 Å². The molecule has 1 unspecified atom stereocenters. The molecule has 0 radical (unpaired) electrons. The lowest BCUT2D eigenvalue weighted by Crippen LogP contribution is -2.36. The quantitative estimate of drug-likeness (QED) is 0.872. The summed E-state index contributed by atoms with van der Waals surface area (Å²) in [5, 5.41) is 8.20. The Balaban J connectivity index is 2.15. The number of nitrogens with zero attached hydrogens (tertiary/aromatic N) is 3. The fourth-order valence-electron chi connectivity index (χ4n) is 2.52. The predicted octanol–water partition coefficient (Wildman–Crippen LogP) is 2.49. The van der Waals surface area contributed by atoms with Crippen LogP contribution in [0.2, 0.25) is 0 Å². The highest BCUT2D eigenvalue weighted by molar-refractivity contribution is 5.27. The molecule has 5 nitrogen and oxygen atoms in total. The molecule has 0 aromatic carbocycles. The topological polar surface area (TPSA) is 68.2 Å². The Morgan fingerprint density at radius 3 is 2.44 bits per heavy atom. The molecule has 1 heterocycles. The first-order valence-electron chi connectivity index (χ1n) is 6.93. The van der Waals surface area contributed by atoms with Gasteiger partial charge in [0, 0.05) is 12.6 Å². The molecule has 0 amide bonds. The van der Waals surface area contributed by atoms with Gasteiger partial charge in [0.15, 0.2) is 0 Å². The summed E-state index contributed by atoms with van der Waals surface area (Å²) >= 11 is 0. The first kappa shape index (κ1) is 13.3.